The van der Waals surface area contributed by atoms with E-state index in [0.717, 1.165) is 0 Å². The Morgan fingerprint density at radius 2 is 2.20 bits per heavy atom. The van der Waals surface area contributed by atoms with Crippen molar-refractivity contribution >= 4 is 23.8 Å². The molecule has 7 heteroatoms. The molecule has 0 spiro atoms. The van der Waals surface area contributed by atoms with Gasteiger partial charge in [0.05, 0.1) is 12.8 Å². The number of nitrogens with one attached hydrogen (secondary N) is 2. The van der Waals surface area contributed by atoms with Gasteiger partial charge < -0.3 is 20.8 Å². The van der Waals surface area contributed by atoms with Gasteiger partial charge in [-0.2, -0.15) is 0 Å². The molecule has 0 bridgehead atoms. The average molecular weight is 279 g/mol. The number of carbonyl (C=O) groups is 3. The fraction of sp³-hybridized carbons (Fsp3) is 0.308. The lowest BCUT2D eigenvalue weighted by Gasteiger charge is -2.12. The van der Waals surface area contributed by atoms with Crippen molar-refractivity contribution in [2.75, 3.05) is 6.54 Å². The third-order valence-electron chi connectivity index (χ3n) is 2.45. The van der Waals surface area contributed by atoms with E-state index in [4.69, 9.17) is 10.2 Å². The minimum atomic E-state index is -0.724. The van der Waals surface area contributed by atoms with Crippen molar-refractivity contribution in [3.05, 3.63) is 30.2 Å². The first kappa shape index (κ1) is 15.5. The molecule has 0 saturated heterocycles. The minimum Gasteiger partial charge on any atom is -0.465 e. The highest BCUT2D eigenvalue weighted by Crippen LogP contribution is 2.01. The lowest BCUT2D eigenvalue weighted by atomic mass is 10.2. The van der Waals surface area contributed by atoms with Crippen LogP contribution in [0.2, 0.25) is 0 Å². The molecule has 0 fully saturated rings. The Hall–Kier alpha value is -2.57. The topological polar surface area (TPSA) is 114 Å². The molecule has 0 aliphatic heterocycles. The van der Waals surface area contributed by atoms with Crippen molar-refractivity contribution in [1.29, 1.82) is 0 Å². The molecule has 1 aromatic rings. The number of rotatable bonds is 7. The molecule has 0 aromatic carbocycles. The third kappa shape index (κ3) is 5.38. The molecule has 108 valence electrons. The van der Waals surface area contributed by atoms with Gasteiger partial charge in [0.2, 0.25) is 17.7 Å². The van der Waals surface area contributed by atoms with Gasteiger partial charge in [-0.25, -0.2) is 0 Å². The largest absolute Gasteiger partial charge is 0.465 e. The van der Waals surface area contributed by atoms with E-state index in [-0.39, 0.29) is 6.54 Å². The maximum Gasteiger partial charge on any atom is 0.244 e. The van der Waals surface area contributed by atoms with Crippen molar-refractivity contribution in [3.63, 3.8) is 0 Å². The first-order chi connectivity index (χ1) is 9.52. The van der Waals surface area contributed by atoms with Gasteiger partial charge in [0.25, 0.3) is 0 Å². The predicted octanol–water partition coefficient (Wildman–Crippen LogP) is -0.211. The van der Waals surface area contributed by atoms with Gasteiger partial charge in [0, 0.05) is 6.08 Å². The van der Waals surface area contributed by atoms with Crippen LogP contribution in [0.3, 0.4) is 0 Å². The molecular formula is C13H17N3O4. The number of amides is 3. The number of hydrogen-bond donors (Lipinski definition) is 3. The van der Waals surface area contributed by atoms with Crippen LogP contribution < -0.4 is 16.4 Å². The van der Waals surface area contributed by atoms with E-state index in [2.05, 4.69) is 10.6 Å². The van der Waals surface area contributed by atoms with Crippen LogP contribution in [0.25, 0.3) is 6.08 Å². The van der Waals surface area contributed by atoms with Gasteiger partial charge in [-0.15, -0.1) is 0 Å². The first-order valence-corrected chi connectivity index (χ1v) is 6.11. The van der Waals surface area contributed by atoms with E-state index in [1.54, 1.807) is 19.1 Å². The minimum absolute atomic E-state index is 0.231. The zero-order valence-corrected chi connectivity index (χ0v) is 11.1. The summed E-state index contributed by atoms with van der Waals surface area (Å²) in [6, 6.07) is 2.66. The Bertz CT molecular complexity index is 494. The molecule has 7 nitrogen and oxygen atoms in total. The zero-order valence-electron chi connectivity index (χ0n) is 11.1. The van der Waals surface area contributed by atoms with Crippen molar-refractivity contribution in [3.8, 4) is 0 Å². The van der Waals surface area contributed by atoms with Gasteiger partial charge in [-0.05, 0) is 24.6 Å². The van der Waals surface area contributed by atoms with Crippen LogP contribution >= 0.6 is 0 Å². The summed E-state index contributed by atoms with van der Waals surface area (Å²) in [6.45, 7) is 1.49. The van der Waals surface area contributed by atoms with Crippen molar-refractivity contribution in [1.82, 2.24) is 10.6 Å². The normalized spacial score (nSPS) is 12.1. The summed E-state index contributed by atoms with van der Waals surface area (Å²) >= 11 is 0. The molecule has 20 heavy (non-hydrogen) atoms. The monoisotopic (exact) mass is 279 g/mol. The lowest BCUT2D eigenvalue weighted by molar-refractivity contribution is -0.128. The molecule has 1 rings (SSSR count). The van der Waals surface area contributed by atoms with Crippen LogP contribution in [0, 0.1) is 0 Å². The number of hydrogen-bond acceptors (Lipinski definition) is 4. The molecule has 1 aromatic heterocycles. The quantitative estimate of drug-likeness (QED) is 0.599. The number of furan rings is 1. The van der Waals surface area contributed by atoms with E-state index >= 15 is 0 Å². The van der Waals surface area contributed by atoms with E-state index in [9.17, 15) is 14.4 Å². The van der Waals surface area contributed by atoms with Crippen LogP contribution in [0.5, 0.6) is 0 Å². The van der Waals surface area contributed by atoms with Crippen LogP contribution in [0.4, 0.5) is 0 Å². The average Bonchev–Trinajstić information content (AvgIpc) is 2.93. The Balaban J connectivity index is 2.33. The number of nitrogens with two attached hydrogens (primary N) is 1. The molecule has 1 atom stereocenters. The molecule has 1 heterocycles. The SMILES string of the molecule is CC[C@H](NC(=O)CNC(=O)C=Cc1ccco1)C(N)=O. The van der Waals surface area contributed by atoms with E-state index in [0.29, 0.717) is 12.2 Å². The predicted molar refractivity (Wildman–Crippen MR) is 72.2 cm³/mol. The van der Waals surface area contributed by atoms with Crippen LogP contribution in [0.1, 0.15) is 19.1 Å². The van der Waals surface area contributed by atoms with Crippen LogP contribution in [-0.2, 0) is 14.4 Å². The van der Waals surface area contributed by atoms with Crippen molar-refractivity contribution in [2.45, 2.75) is 19.4 Å². The molecule has 3 amide bonds. The highest BCUT2D eigenvalue weighted by atomic mass is 16.3. The van der Waals surface area contributed by atoms with E-state index in [1.807, 2.05) is 0 Å². The number of carbonyl (C=O) groups excluding carboxylic acids is 3. The van der Waals surface area contributed by atoms with E-state index < -0.39 is 23.8 Å². The van der Waals surface area contributed by atoms with Crippen LogP contribution in [-0.4, -0.2) is 30.3 Å². The Morgan fingerprint density at radius 1 is 1.45 bits per heavy atom. The fourth-order valence-corrected chi connectivity index (χ4v) is 1.39. The van der Waals surface area contributed by atoms with Gasteiger partial charge in [-0.1, -0.05) is 6.92 Å². The zero-order chi connectivity index (χ0) is 15.0. The molecule has 0 radical (unpaired) electrons. The molecule has 0 aliphatic carbocycles. The summed E-state index contributed by atoms with van der Waals surface area (Å²) in [5.41, 5.74) is 5.09. The van der Waals surface area contributed by atoms with Gasteiger partial charge in [0.1, 0.15) is 11.8 Å². The van der Waals surface area contributed by atoms with Crippen molar-refractivity contribution in [2.24, 2.45) is 5.73 Å². The van der Waals surface area contributed by atoms with E-state index in [1.165, 1.54) is 18.4 Å². The highest BCUT2D eigenvalue weighted by molar-refractivity contribution is 5.94. The molecule has 0 aliphatic rings. The van der Waals surface area contributed by atoms with Gasteiger partial charge in [-0.3, -0.25) is 14.4 Å². The second kappa shape index (κ2) is 7.78. The standard InChI is InChI=1S/C13H17N3O4/c1-2-10(13(14)19)16-12(18)8-15-11(17)6-5-9-4-3-7-20-9/h3-7,10H,2,8H2,1H3,(H2,14,19)(H,15,17)(H,16,18)/t10-/m0/s1. The maximum atomic E-state index is 11.5. The van der Waals surface area contributed by atoms with Gasteiger partial charge in [0.15, 0.2) is 0 Å². The summed E-state index contributed by atoms with van der Waals surface area (Å²) in [4.78, 5) is 33.8. The molecular weight excluding hydrogens is 262 g/mol. The summed E-state index contributed by atoms with van der Waals surface area (Å²) in [5, 5.41) is 4.80. The summed E-state index contributed by atoms with van der Waals surface area (Å²) in [6.07, 6.45) is 4.61. The Morgan fingerprint density at radius 3 is 2.75 bits per heavy atom. The van der Waals surface area contributed by atoms with Crippen LogP contribution in [0.15, 0.2) is 28.9 Å². The summed E-state index contributed by atoms with van der Waals surface area (Å²) in [7, 11) is 0. The second-order valence-corrected chi connectivity index (χ2v) is 4.00. The summed E-state index contributed by atoms with van der Waals surface area (Å²) in [5.74, 6) is -0.992. The van der Waals surface area contributed by atoms with Crippen molar-refractivity contribution < 1.29 is 18.8 Å². The smallest absolute Gasteiger partial charge is 0.244 e. The third-order valence-corrected chi connectivity index (χ3v) is 2.45. The first-order valence-electron chi connectivity index (χ1n) is 6.11. The second-order valence-electron chi connectivity index (χ2n) is 4.00. The summed E-state index contributed by atoms with van der Waals surface area (Å²) < 4.78 is 5.01. The Kier molecular flexibility index (Phi) is 6.02. The maximum absolute atomic E-state index is 11.5. The lowest BCUT2D eigenvalue weighted by Crippen LogP contribution is -2.47. The Labute approximate surface area is 116 Å². The molecule has 4 N–H and O–H groups in total. The fourth-order valence-electron chi connectivity index (χ4n) is 1.39. The molecule has 0 saturated carbocycles. The highest BCUT2D eigenvalue weighted by Gasteiger charge is 2.15. The molecule has 0 unspecified atom stereocenters. The van der Waals surface area contributed by atoms with Gasteiger partial charge >= 0.3 is 0 Å². The number of primary amides is 1.